The summed E-state index contributed by atoms with van der Waals surface area (Å²) >= 11 is 0. The first-order valence-electron chi connectivity index (χ1n) is 16.1. The molecule has 0 bridgehead atoms. The van der Waals surface area contributed by atoms with Gasteiger partial charge in [0.1, 0.15) is 16.1 Å². The molecule has 1 nitrogen and oxygen atoms in total. The van der Waals surface area contributed by atoms with Gasteiger partial charge >= 0.3 is 0 Å². The molecule has 0 saturated heterocycles. The van der Waals surface area contributed by atoms with Crippen LogP contribution in [0.5, 0.6) is 0 Å². The highest BCUT2D eigenvalue weighted by molar-refractivity contribution is 6.91. The quantitative estimate of drug-likeness (QED) is 0.129. The first kappa shape index (κ1) is 32.3. The van der Waals surface area contributed by atoms with E-state index in [1.54, 1.807) is 0 Å². The van der Waals surface area contributed by atoms with E-state index in [1.807, 2.05) is 0 Å². The van der Waals surface area contributed by atoms with Crippen LogP contribution in [0.4, 0.5) is 0 Å². The van der Waals surface area contributed by atoms with Gasteiger partial charge in [0.2, 0.25) is 0 Å². The molecule has 0 aliphatic carbocycles. The average molecular weight is 593 g/mol. The molecule has 4 aromatic rings. The van der Waals surface area contributed by atoms with Crippen LogP contribution in [0.2, 0.25) is 33.2 Å². The highest BCUT2D eigenvalue weighted by Crippen LogP contribution is 2.43. The van der Waals surface area contributed by atoms with E-state index >= 15 is 0 Å². The van der Waals surface area contributed by atoms with Crippen LogP contribution in [0.15, 0.2) is 42.5 Å². The number of rotatable bonds is 7. The van der Waals surface area contributed by atoms with Gasteiger partial charge in [0, 0.05) is 11.1 Å². The summed E-state index contributed by atoms with van der Waals surface area (Å²) in [5.74, 6) is 7.66. The maximum atomic E-state index is 9.94. The second-order valence-corrected chi connectivity index (χ2v) is 25.6. The van der Waals surface area contributed by atoms with Crippen molar-refractivity contribution in [3.8, 4) is 22.9 Å². The van der Waals surface area contributed by atoms with Crippen molar-refractivity contribution in [2.75, 3.05) is 0 Å². The Hall–Kier alpha value is -2.57. The van der Waals surface area contributed by atoms with Gasteiger partial charge in [0.25, 0.3) is 0 Å². The molecular formula is C39H52OSi2. The molecule has 0 fully saturated rings. The highest BCUT2D eigenvalue weighted by atomic mass is 28.3. The fourth-order valence-corrected chi connectivity index (χ4v) is 18.9. The van der Waals surface area contributed by atoms with E-state index in [1.165, 1.54) is 32.3 Å². The predicted octanol–water partition coefficient (Wildman–Crippen LogP) is 11.2. The summed E-state index contributed by atoms with van der Waals surface area (Å²) in [7, 11) is -3.83. The molecule has 4 rings (SSSR count). The molecule has 0 heterocycles. The number of hydrogen-bond donors (Lipinski definition) is 1. The van der Waals surface area contributed by atoms with Gasteiger partial charge in [-0.25, -0.2) is 0 Å². The minimum Gasteiger partial charge on any atom is -0.392 e. The highest BCUT2D eigenvalue weighted by Gasteiger charge is 2.42. The Morgan fingerprint density at radius 2 is 0.881 bits per heavy atom. The van der Waals surface area contributed by atoms with Gasteiger partial charge in [-0.2, -0.15) is 0 Å². The molecular weight excluding hydrogens is 541 g/mol. The minimum atomic E-state index is -1.92. The lowest BCUT2D eigenvalue weighted by Gasteiger charge is -2.38. The lowest BCUT2D eigenvalue weighted by atomic mass is 9.89. The summed E-state index contributed by atoms with van der Waals surface area (Å²) in [6.07, 6.45) is 0. The van der Waals surface area contributed by atoms with E-state index in [2.05, 4.69) is 148 Å². The normalized spacial score (nSPS) is 12.9. The van der Waals surface area contributed by atoms with Crippen LogP contribution in [-0.4, -0.2) is 21.3 Å². The maximum Gasteiger partial charge on any atom is 0.146 e. The third-order valence-electron chi connectivity index (χ3n) is 10.5. The topological polar surface area (TPSA) is 20.2 Å². The zero-order valence-electron chi connectivity index (χ0n) is 28.2. The van der Waals surface area contributed by atoms with Crippen LogP contribution >= 0.6 is 0 Å². The maximum absolute atomic E-state index is 9.94. The molecule has 222 valence electrons. The van der Waals surface area contributed by atoms with E-state index < -0.39 is 16.1 Å². The number of hydrogen-bond acceptors (Lipinski definition) is 1. The minimum absolute atomic E-state index is 0.0442. The number of benzene rings is 4. The summed E-state index contributed by atoms with van der Waals surface area (Å²) < 4.78 is 0. The lowest BCUT2D eigenvalue weighted by molar-refractivity contribution is 0.282. The van der Waals surface area contributed by atoms with E-state index in [9.17, 15) is 5.11 Å². The third-order valence-corrected chi connectivity index (χ3v) is 23.1. The second-order valence-electron chi connectivity index (χ2n) is 14.4. The Morgan fingerprint density at radius 3 is 1.19 bits per heavy atom. The molecule has 4 aromatic carbocycles. The summed E-state index contributed by atoms with van der Waals surface area (Å²) in [6, 6.07) is 15.5. The number of aliphatic hydroxyl groups excluding tert-OH is 1. The summed E-state index contributed by atoms with van der Waals surface area (Å²) in [6.45, 7) is 28.6. The second kappa shape index (κ2) is 12.2. The lowest BCUT2D eigenvalue weighted by Crippen LogP contribution is -2.43. The molecule has 0 aliphatic heterocycles. The largest absolute Gasteiger partial charge is 0.392 e. The van der Waals surface area contributed by atoms with Crippen LogP contribution in [0.1, 0.15) is 99.8 Å². The van der Waals surface area contributed by atoms with Crippen molar-refractivity contribution in [3.05, 3.63) is 59.2 Å². The first-order valence-corrected chi connectivity index (χ1v) is 20.6. The monoisotopic (exact) mass is 592 g/mol. The molecule has 3 heteroatoms. The SMILES string of the molecule is CC(C)[Si](C#Cc1cc(C#C[Si](C(C)C)(C(C)C)C(C)C)c2ccc3cc(CO)cc4ccc1c2c43)(C(C)C)C(C)C. The van der Waals surface area contributed by atoms with Crippen molar-refractivity contribution in [2.24, 2.45) is 0 Å². The third kappa shape index (κ3) is 5.23. The van der Waals surface area contributed by atoms with Crippen molar-refractivity contribution in [2.45, 2.75) is 123 Å². The van der Waals surface area contributed by atoms with Crippen LogP contribution < -0.4 is 0 Å². The van der Waals surface area contributed by atoms with Gasteiger partial charge in [0.15, 0.2) is 0 Å². The fourth-order valence-electron chi connectivity index (χ4n) is 8.50. The van der Waals surface area contributed by atoms with Crippen LogP contribution in [-0.2, 0) is 6.61 Å². The zero-order chi connectivity index (χ0) is 31.1. The van der Waals surface area contributed by atoms with E-state index in [4.69, 9.17) is 0 Å². The van der Waals surface area contributed by atoms with Gasteiger partial charge < -0.3 is 5.11 Å². The molecule has 0 aliphatic rings. The fraction of sp³-hybridized carbons (Fsp3) is 0.487. The summed E-state index contributed by atoms with van der Waals surface area (Å²) in [5.41, 5.74) is 14.7. The van der Waals surface area contributed by atoms with Crippen LogP contribution in [0.25, 0.3) is 32.3 Å². The Labute approximate surface area is 257 Å². The van der Waals surface area contributed by atoms with E-state index in [0.717, 1.165) is 16.7 Å². The van der Waals surface area contributed by atoms with Crippen molar-refractivity contribution in [1.82, 2.24) is 0 Å². The summed E-state index contributed by atoms with van der Waals surface area (Å²) in [5, 5.41) is 17.2. The molecule has 0 spiro atoms. The van der Waals surface area contributed by atoms with E-state index in [0.29, 0.717) is 33.2 Å². The first-order chi connectivity index (χ1) is 19.7. The van der Waals surface area contributed by atoms with Gasteiger partial charge in [-0.15, -0.1) is 11.1 Å². The smallest absolute Gasteiger partial charge is 0.146 e. The zero-order valence-corrected chi connectivity index (χ0v) is 30.2. The molecule has 0 atom stereocenters. The molecule has 0 aromatic heterocycles. The van der Waals surface area contributed by atoms with Gasteiger partial charge in [-0.05, 0) is 89.3 Å². The molecule has 0 radical (unpaired) electrons. The molecule has 1 N–H and O–H groups in total. The van der Waals surface area contributed by atoms with Crippen molar-refractivity contribution < 1.29 is 5.11 Å². The van der Waals surface area contributed by atoms with Crippen molar-refractivity contribution >= 4 is 48.5 Å². The predicted molar refractivity (Wildman–Crippen MR) is 192 cm³/mol. The standard InChI is InChI=1S/C39H52OSi2/c1-25(2)41(26(3)4,27(5)6)19-17-32-23-33(18-20-42(28(7)8,29(9)10)30(11)12)37-16-14-35-22-31(24-40)21-34-13-15-36(32)39(37)38(34)35/h13-16,21-23,25-30,40H,24H2,1-12H3. The number of aliphatic hydroxyl groups is 1. The van der Waals surface area contributed by atoms with Crippen molar-refractivity contribution in [1.29, 1.82) is 0 Å². The summed E-state index contributed by atoms with van der Waals surface area (Å²) in [4.78, 5) is 0. The molecule has 0 unspecified atom stereocenters. The van der Waals surface area contributed by atoms with Gasteiger partial charge in [0.05, 0.1) is 6.61 Å². The molecule has 0 amide bonds. The molecule has 0 saturated carbocycles. The van der Waals surface area contributed by atoms with Gasteiger partial charge in [-0.3, -0.25) is 0 Å². The van der Waals surface area contributed by atoms with Crippen molar-refractivity contribution in [3.63, 3.8) is 0 Å². The van der Waals surface area contributed by atoms with Crippen LogP contribution in [0, 0.1) is 22.9 Å². The Morgan fingerprint density at radius 1 is 0.524 bits per heavy atom. The van der Waals surface area contributed by atoms with E-state index in [-0.39, 0.29) is 6.61 Å². The molecule has 42 heavy (non-hydrogen) atoms. The van der Waals surface area contributed by atoms with Crippen LogP contribution in [0.3, 0.4) is 0 Å². The van der Waals surface area contributed by atoms with Gasteiger partial charge in [-0.1, -0.05) is 119 Å². The Kier molecular flexibility index (Phi) is 9.40. The Balaban J connectivity index is 2.14. The Bertz CT molecular complexity index is 1540. The average Bonchev–Trinajstić information content (AvgIpc) is 2.91.